The van der Waals surface area contributed by atoms with Crippen LogP contribution < -0.4 is 0 Å². The lowest BCUT2D eigenvalue weighted by Gasteiger charge is -2.42. The van der Waals surface area contributed by atoms with Crippen LogP contribution in [0.3, 0.4) is 0 Å². The molecule has 0 aliphatic carbocycles. The van der Waals surface area contributed by atoms with Gasteiger partial charge in [-0.2, -0.15) is 0 Å². The van der Waals surface area contributed by atoms with Crippen molar-refractivity contribution in [1.82, 2.24) is 0 Å². The van der Waals surface area contributed by atoms with Gasteiger partial charge < -0.3 is 9.22 Å². The van der Waals surface area contributed by atoms with E-state index in [0.29, 0.717) is 0 Å². The van der Waals surface area contributed by atoms with Crippen LogP contribution in [0.4, 0.5) is 0 Å². The number of nitrogens with zero attached hydrogens (tertiary/aromatic N) is 1. The van der Waals surface area contributed by atoms with Crippen molar-refractivity contribution in [2.45, 2.75) is 33.2 Å². The third-order valence-electron chi connectivity index (χ3n) is 4.06. The summed E-state index contributed by atoms with van der Waals surface area (Å²) in [5.74, 6) is 0.781. The highest BCUT2D eigenvalue weighted by molar-refractivity contribution is 5.13. The maximum Gasteiger partial charge on any atom is 0.168 e. The molecular formula is C17H27NO+. The average molecular weight is 261 g/mol. The van der Waals surface area contributed by atoms with Crippen LogP contribution in [0.15, 0.2) is 30.3 Å². The van der Waals surface area contributed by atoms with Gasteiger partial charge in [0.1, 0.15) is 19.7 Å². The number of quaternary nitrogens is 1. The summed E-state index contributed by atoms with van der Waals surface area (Å²) >= 11 is 0. The SMILES string of the molecule is CCCC(C)C[N+]1(Cc2ccccc2)[CH]COCC1. The molecule has 2 atom stereocenters. The lowest BCUT2D eigenvalue weighted by molar-refractivity contribution is -0.923. The molecule has 0 spiro atoms. The van der Waals surface area contributed by atoms with Gasteiger partial charge in [0.2, 0.25) is 0 Å². The van der Waals surface area contributed by atoms with Crippen molar-refractivity contribution < 1.29 is 9.22 Å². The molecule has 1 aromatic rings. The van der Waals surface area contributed by atoms with Crippen LogP contribution in [0.1, 0.15) is 32.3 Å². The molecule has 2 heteroatoms. The van der Waals surface area contributed by atoms with Crippen LogP contribution in [-0.4, -0.2) is 30.8 Å². The van der Waals surface area contributed by atoms with Crippen molar-refractivity contribution in [2.24, 2.45) is 5.92 Å². The Bertz CT molecular complexity index is 357. The molecule has 0 aromatic heterocycles. The molecule has 1 radical (unpaired) electrons. The highest BCUT2D eigenvalue weighted by atomic mass is 16.5. The van der Waals surface area contributed by atoms with Gasteiger partial charge in [-0.25, -0.2) is 0 Å². The Labute approximate surface area is 118 Å². The molecule has 1 saturated heterocycles. The van der Waals surface area contributed by atoms with Gasteiger partial charge in [-0.3, -0.25) is 0 Å². The molecule has 105 valence electrons. The van der Waals surface area contributed by atoms with Gasteiger partial charge in [-0.1, -0.05) is 50.6 Å². The summed E-state index contributed by atoms with van der Waals surface area (Å²) in [6, 6.07) is 10.9. The van der Waals surface area contributed by atoms with Gasteiger partial charge in [0.25, 0.3) is 0 Å². The largest absolute Gasteiger partial charge is 0.369 e. The highest BCUT2D eigenvalue weighted by Gasteiger charge is 2.33. The van der Waals surface area contributed by atoms with Crippen molar-refractivity contribution in [3.05, 3.63) is 42.4 Å². The van der Waals surface area contributed by atoms with Crippen LogP contribution >= 0.6 is 0 Å². The smallest absolute Gasteiger partial charge is 0.168 e. The Morgan fingerprint density at radius 3 is 2.68 bits per heavy atom. The van der Waals surface area contributed by atoms with Crippen LogP contribution in [0.25, 0.3) is 0 Å². The molecule has 0 N–H and O–H groups in total. The first-order chi connectivity index (χ1) is 9.24. The molecule has 1 aliphatic heterocycles. The summed E-state index contributed by atoms with van der Waals surface area (Å²) in [4.78, 5) is 0. The zero-order valence-electron chi connectivity index (χ0n) is 12.3. The predicted octanol–water partition coefficient (Wildman–Crippen LogP) is 3.63. The van der Waals surface area contributed by atoms with Gasteiger partial charge in [0, 0.05) is 11.5 Å². The fourth-order valence-electron chi connectivity index (χ4n) is 3.16. The first-order valence-electron chi connectivity index (χ1n) is 7.56. The summed E-state index contributed by atoms with van der Waals surface area (Å²) in [6.07, 6.45) is 2.60. The maximum atomic E-state index is 5.53. The minimum absolute atomic E-state index is 0.781. The van der Waals surface area contributed by atoms with Gasteiger partial charge in [0.15, 0.2) is 6.54 Å². The standard InChI is InChI=1S/C17H27NO/c1-3-7-16(2)14-18(10-12-19-13-11-18)15-17-8-5-4-6-9-17/h4-6,8-10,16H,3,7,11-15H2,1-2H3/q+1. The van der Waals surface area contributed by atoms with Crippen LogP contribution in [0.2, 0.25) is 0 Å². The molecule has 0 amide bonds. The van der Waals surface area contributed by atoms with E-state index in [1.54, 1.807) is 0 Å². The fraction of sp³-hybridized carbons (Fsp3) is 0.588. The second kappa shape index (κ2) is 7.06. The van der Waals surface area contributed by atoms with E-state index in [0.717, 1.165) is 36.7 Å². The quantitative estimate of drug-likeness (QED) is 0.711. The molecule has 2 unspecified atom stereocenters. The fourth-order valence-corrected chi connectivity index (χ4v) is 3.16. The van der Waals surface area contributed by atoms with E-state index in [1.807, 2.05) is 0 Å². The average Bonchev–Trinajstić information content (AvgIpc) is 2.40. The van der Waals surface area contributed by atoms with Gasteiger partial charge in [-0.15, -0.1) is 0 Å². The summed E-state index contributed by atoms with van der Waals surface area (Å²) < 4.78 is 6.62. The van der Waals surface area contributed by atoms with E-state index in [1.165, 1.54) is 24.9 Å². The predicted molar refractivity (Wildman–Crippen MR) is 79.3 cm³/mol. The molecule has 19 heavy (non-hydrogen) atoms. The van der Waals surface area contributed by atoms with E-state index >= 15 is 0 Å². The van der Waals surface area contributed by atoms with Crippen LogP contribution in [0.5, 0.6) is 0 Å². The molecule has 1 heterocycles. The van der Waals surface area contributed by atoms with Gasteiger partial charge in [0.05, 0.1) is 13.2 Å². The molecule has 1 fully saturated rings. The summed E-state index contributed by atoms with van der Waals surface area (Å²) in [5, 5.41) is 0. The van der Waals surface area contributed by atoms with Crippen LogP contribution in [-0.2, 0) is 11.3 Å². The van der Waals surface area contributed by atoms with Crippen molar-refractivity contribution in [2.75, 3.05) is 26.3 Å². The van der Waals surface area contributed by atoms with Gasteiger partial charge in [-0.05, 0) is 6.42 Å². The Kier molecular flexibility index (Phi) is 5.41. The molecule has 0 bridgehead atoms. The molecule has 1 aliphatic rings. The Balaban J connectivity index is 2.05. The Morgan fingerprint density at radius 1 is 1.26 bits per heavy atom. The van der Waals surface area contributed by atoms with Crippen molar-refractivity contribution in [3.63, 3.8) is 0 Å². The van der Waals surface area contributed by atoms with Crippen LogP contribution in [0, 0.1) is 12.5 Å². The molecule has 0 saturated carbocycles. The topological polar surface area (TPSA) is 9.23 Å². The van der Waals surface area contributed by atoms with Crippen molar-refractivity contribution >= 4 is 0 Å². The molecule has 1 aromatic carbocycles. The zero-order chi connectivity index (χ0) is 13.6. The van der Waals surface area contributed by atoms with Crippen molar-refractivity contribution in [1.29, 1.82) is 0 Å². The lowest BCUT2D eigenvalue weighted by atomic mass is 10.0. The maximum absolute atomic E-state index is 5.53. The second-order valence-electron chi connectivity index (χ2n) is 5.92. The third-order valence-corrected chi connectivity index (χ3v) is 4.06. The number of hydrogen-bond acceptors (Lipinski definition) is 1. The Hall–Kier alpha value is -0.860. The lowest BCUT2D eigenvalue weighted by Crippen LogP contribution is -2.53. The normalized spacial score (nSPS) is 20.1. The van der Waals surface area contributed by atoms with E-state index in [4.69, 9.17) is 4.74 Å². The first kappa shape index (κ1) is 14.5. The number of ether oxygens (including phenoxy) is 1. The van der Waals surface area contributed by atoms with Gasteiger partial charge >= 0.3 is 0 Å². The summed E-state index contributed by atoms with van der Waals surface area (Å²) in [7, 11) is 0. The minimum Gasteiger partial charge on any atom is -0.369 e. The van der Waals surface area contributed by atoms with E-state index in [2.05, 4.69) is 50.7 Å². The first-order valence-corrected chi connectivity index (χ1v) is 7.56. The summed E-state index contributed by atoms with van der Waals surface area (Å²) in [5.41, 5.74) is 1.43. The molecule has 2 nitrogen and oxygen atoms in total. The zero-order valence-corrected chi connectivity index (χ0v) is 12.3. The second-order valence-corrected chi connectivity index (χ2v) is 5.92. The number of rotatable bonds is 6. The number of benzene rings is 1. The van der Waals surface area contributed by atoms with E-state index in [9.17, 15) is 0 Å². The number of hydrogen-bond donors (Lipinski definition) is 0. The number of morpholine rings is 1. The minimum atomic E-state index is 0.781. The Morgan fingerprint density at radius 2 is 2.05 bits per heavy atom. The van der Waals surface area contributed by atoms with E-state index < -0.39 is 0 Å². The third kappa shape index (κ3) is 4.32. The summed E-state index contributed by atoms with van der Waals surface area (Å²) in [6.45, 7) is 12.2. The molecule has 2 rings (SSSR count). The molecular weight excluding hydrogens is 234 g/mol. The van der Waals surface area contributed by atoms with E-state index in [-0.39, 0.29) is 0 Å². The highest BCUT2D eigenvalue weighted by Crippen LogP contribution is 2.24. The monoisotopic (exact) mass is 261 g/mol. The van der Waals surface area contributed by atoms with Crippen molar-refractivity contribution in [3.8, 4) is 0 Å².